The molecule has 210 valence electrons. The number of pyridine rings is 1. The van der Waals surface area contributed by atoms with Gasteiger partial charge in [-0.15, -0.1) is 0 Å². The van der Waals surface area contributed by atoms with Gasteiger partial charge in [0.1, 0.15) is 17.7 Å². The van der Waals surface area contributed by atoms with Crippen molar-refractivity contribution in [2.75, 3.05) is 67.7 Å². The van der Waals surface area contributed by atoms with Crippen LogP contribution in [0.2, 0.25) is 0 Å². The van der Waals surface area contributed by atoms with Crippen molar-refractivity contribution in [2.45, 2.75) is 43.9 Å². The molecular weight excluding hydrogens is 506 g/mol. The van der Waals surface area contributed by atoms with Gasteiger partial charge in [-0.05, 0) is 56.7 Å². The van der Waals surface area contributed by atoms with Gasteiger partial charge in [-0.1, -0.05) is 6.07 Å². The number of aromatic nitrogens is 3. The van der Waals surface area contributed by atoms with Gasteiger partial charge in [0.2, 0.25) is 5.95 Å². The number of morpholine rings is 2. The number of nitrogens with one attached hydrogen (secondary N) is 2. The summed E-state index contributed by atoms with van der Waals surface area (Å²) in [5.41, 5.74) is 3.96. The maximum Gasteiger partial charge on any atom is 0.229 e. The summed E-state index contributed by atoms with van der Waals surface area (Å²) < 4.78 is 17.8. The largest absolute Gasteiger partial charge is 0.378 e. The summed E-state index contributed by atoms with van der Waals surface area (Å²) in [5.74, 6) is 2.53. The molecule has 0 spiro atoms. The zero-order valence-electron chi connectivity index (χ0n) is 23.2. The molecule has 2 aromatic heterocycles. The summed E-state index contributed by atoms with van der Waals surface area (Å²) in [6.07, 6.45) is 2.78. The predicted molar refractivity (Wildman–Crippen MR) is 154 cm³/mol. The van der Waals surface area contributed by atoms with E-state index in [1.165, 1.54) is 5.69 Å². The van der Waals surface area contributed by atoms with Crippen molar-refractivity contribution >= 4 is 29.0 Å². The van der Waals surface area contributed by atoms with Crippen molar-refractivity contribution < 1.29 is 14.2 Å². The van der Waals surface area contributed by atoms with E-state index in [4.69, 9.17) is 29.2 Å². The van der Waals surface area contributed by atoms with Gasteiger partial charge in [-0.2, -0.15) is 4.98 Å². The van der Waals surface area contributed by atoms with Gasteiger partial charge in [-0.25, -0.2) is 9.97 Å². The van der Waals surface area contributed by atoms with Crippen LogP contribution < -0.4 is 20.4 Å². The molecule has 6 heterocycles. The van der Waals surface area contributed by atoms with Crippen LogP contribution >= 0.6 is 0 Å². The van der Waals surface area contributed by atoms with Gasteiger partial charge in [-0.3, -0.25) is 0 Å². The number of hydrogen-bond donors (Lipinski definition) is 2. The summed E-state index contributed by atoms with van der Waals surface area (Å²) in [7, 11) is 0. The normalized spacial score (nSPS) is 25.8. The third kappa shape index (κ3) is 5.01. The van der Waals surface area contributed by atoms with Crippen LogP contribution in [0.3, 0.4) is 0 Å². The highest BCUT2D eigenvalue weighted by atomic mass is 16.5. The Morgan fingerprint density at radius 1 is 1.02 bits per heavy atom. The van der Waals surface area contributed by atoms with Crippen LogP contribution in [-0.2, 0) is 14.2 Å². The van der Waals surface area contributed by atoms with Crippen LogP contribution in [0.1, 0.15) is 43.5 Å². The minimum atomic E-state index is -0.230. The van der Waals surface area contributed by atoms with Crippen molar-refractivity contribution in [3.63, 3.8) is 0 Å². The van der Waals surface area contributed by atoms with Crippen molar-refractivity contribution in [2.24, 2.45) is 0 Å². The van der Waals surface area contributed by atoms with E-state index in [0.717, 1.165) is 74.4 Å². The Morgan fingerprint density at radius 3 is 2.67 bits per heavy atom. The number of nitrogens with zero attached hydrogens (tertiary/aromatic N) is 5. The Labute approximate surface area is 235 Å². The van der Waals surface area contributed by atoms with E-state index in [2.05, 4.69) is 76.7 Å². The molecule has 0 aliphatic carbocycles. The first kappa shape index (κ1) is 25.6. The molecule has 0 radical (unpaired) electrons. The van der Waals surface area contributed by atoms with Crippen LogP contribution in [0, 0.1) is 0 Å². The Hall–Kier alpha value is -3.31. The Kier molecular flexibility index (Phi) is 6.79. The van der Waals surface area contributed by atoms with E-state index in [9.17, 15) is 0 Å². The minimum Gasteiger partial charge on any atom is -0.378 e. The van der Waals surface area contributed by atoms with Crippen molar-refractivity contribution in [3.8, 4) is 0 Å². The van der Waals surface area contributed by atoms with Gasteiger partial charge in [0, 0.05) is 61.3 Å². The molecular formula is C30H37N7O3. The highest BCUT2D eigenvalue weighted by molar-refractivity contribution is 5.69. The third-order valence-electron chi connectivity index (χ3n) is 8.33. The molecule has 7 rings (SSSR count). The number of rotatable bonds is 5. The molecule has 1 aromatic carbocycles. The van der Waals surface area contributed by atoms with E-state index in [-0.39, 0.29) is 23.7 Å². The lowest BCUT2D eigenvalue weighted by Crippen LogP contribution is -2.45. The van der Waals surface area contributed by atoms with E-state index < -0.39 is 0 Å². The molecule has 10 heteroatoms. The van der Waals surface area contributed by atoms with Crippen LogP contribution in [0.4, 0.5) is 29.0 Å². The molecule has 3 atom stereocenters. The molecule has 0 saturated carbocycles. The molecule has 4 aliphatic heterocycles. The van der Waals surface area contributed by atoms with Crippen LogP contribution in [-0.4, -0.2) is 79.2 Å². The summed E-state index contributed by atoms with van der Waals surface area (Å²) in [6.45, 7) is 10.7. The van der Waals surface area contributed by atoms with E-state index in [0.29, 0.717) is 19.2 Å². The molecule has 3 aromatic rings. The van der Waals surface area contributed by atoms with Crippen molar-refractivity contribution in [1.29, 1.82) is 0 Å². The summed E-state index contributed by atoms with van der Waals surface area (Å²) >= 11 is 0. The average molecular weight is 544 g/mol. The number of ether oxygens (including phenoxy) is 3. The molecule has 10 nitrogen and oxygen atoms in total. The molecule has 3 unspecified atom stereocenters. The monoisotopic (exact) mass is 543 g/mol. The Bertz CT molecular complexity index is 1340. The fraction of sp³-hybridized carbons (Fsp3) is 0.500. The molecule has 0 bridgehead atoms. The lowest BCUT2D eigenvalue weighted by molar-refractivity contribution is -0.0658. The highest BCUT2D eigenvalue weighted by Crippen LogP contribution is 2.49. The first-order valence-electron chi connectivity index (χ1n) is 14.3. The second kappa shape index (κ2) is 10.6. The molecule has 40 heavy (non-hydrogen) atoms. The quantitative estimate of drug-likeness (QED) is 0.493. The predicted octanol–water partition coefficient (Wildman–Crippen LogP) is 3.92. The molecule has 0 amide bonds. The summed E-state index contributed by atoms with van der Waals surface area (Å²) in [5, 5.41) is 6.84. The maximum absolute atomic E-state index is 6.27. The second-order valence-electron chi connectivity index (χ2n) is 11.5. The SMILES string of the molecule is CC1(C)CC2C(CO1)c1cnc(Nc3ccc(N4CCOCC4)cc3)nc1N2c1cccc(C2CNCCO2)n1. The third-order valence-corrected chi connectivity index (χ3v) is 8.33. The van der Waals surface area contributed by atoms with Crippen molar-refractivity contribution in [3.05, 3.63) is 59.9 Å². The minimum absolute atomic E-state index is 0.0549. The number of benzene rings is 1. The summed E-state index contributed by atoms with van der Waals surface area (Å²) in [4.78, 5) is 19.6. The lowest BCUT2D eigenvalue weighted by atomic mass is 9.85. The van der Waals surface area contributed by atoms with E-state index in [1.54, 1.807) is 0 Å². The number of anilines is 5. The first-order valence-corrected chi connectivity index (χ1v) is 14.3. The van der Waals surface area contributed by atoms with E-state index >= 15 is 0 Å². The summed E-state index contributed by atoms with van der Waals surface area (Å²) in [6, 6.07) is 14.8. The topological polar surface area (TPSA) is 96.9 Å². The molecule has 4 aliphatic rings. The fourth-order valence-corrected chi connectivity index (χ4v) is 6.25. The van der Waals surface area contributed by atoms with Gasteiger partial charge >= 0.3 is 0 Å². The maximum atomic E-state index is 6.27. The zero-order chi connectivity index (χ0) is 27.1. The van der Waals surface area contributed by atoms with Crippen molar-refractivity contribution in [1.82, 2.24) is 20.3 Å². The van der Waals surface area contributed by atoms with Crippen LogP contribution in [0.15, 0.2) is 48.7 Å². The standard InChI is InChI=1S/C30H37N7O3/c1-30(2)16-25-23(19-40-30)22-17-32-29(33-20-6-8-21(9-7-20)36-11-14-38-15-12-36)35-28(22)37(25)27-5-3-4-24(34-27)26-18-31-10-13-39-26/h3-9,17,23,25-26,31H,10-16,18-19H2,1-2H3,(H,32,33,35). The van der Waals surface area contributed by atoms with Gasteiger partial charge in [0.15, 0.2) is 0 Å². The van der Waals surface area contributed by atoms with E-state index in [1.807, 2.05) is 6.20 Å². The highest BCUT2D eigenvalue weighted by Gasteiger charge is 2.48. The Morgan fingerprint density at radius 2 is 1.88 bits per heavy atom. The molecule has 3 saturated heterocycles. The molecule has 3 fully saturated rings. The number of fused-ring (bicyclic) bond motifs is 3. The van der Waals surface area contributed by atoms with Crippen LogP contribution in [0.5, 0.6) is 0 Å². The van der Waals surface area contributed by atoms with Crippen LogP contribution in [0.25, 0.3) is 0 Å². The smallest absolute Gasteiger partial charge is 0.229 e. The Balaban J connectivity index is 1.19. The zero-order valence-corrected chi connectivity index (χ0v) is 23.2. The van der Waals surface area contributed by atoms with Gasteiger partial charge < -0.3 is 34.6 Å². The molecule has 2 N–H and O–H groups in total. The first-order chi connectivity index (χ1) is 19.5. The second-order valence-corrected chi connectivity index (χ2v) is 11.5. The van der Waals surface area contributed by atoms with Gasteiger partial charge in [0.25, 0.3) is 0 Å². The lowest BCUT2D eigenvalue weighted by Gasteiger charge is -2.41. The fourth-order valence-electron chi connectivity index (χ4n) is 6.25. The van der Waals surface area contributed by atoms with Gasteiger partial charge in [0.05, 0.1) is 37.7 Å². The number of hydrogen-bond acceptors (Lipinski definition) is 10. The average Bonchev–Trinajstić information content (AvgIpc) is 3.30.